The first-order valence-electron chi connectivity index (χ1n) is 8.40. The Bertz CT molecular complexity index is 936. The van der Waals surface area contributed by atoms with Gasteiger partial charge in [0.2, 0.25) is 10.0 Å². The molecule has 1 aromatic heterocycles. The van der Waals surface area contributed by atoms with Crippen molar-refractivity contribution >= 4 is 33.1 Å². The van der Waals surface area contributed by atoms with E-state index in [0.717, 1.165) is 22.1 Å². The number of amides is 4. The SMILES string of the molecule is CN(C)[C@@H](CNC(=O)N1CCN(S(C)(=O)=O)C1=O)c1cc2ccccc2o1. The van der Waals surface area contributed by atoms with Crippen molar-refractivity contribution in [3.8, 4) is 0 Å². The molecular weight excluding hydrogens is 372 g/mol. The molecule has 10 heteroatoms. The number of nitrogens with one attached hydrogen (secondary N) is 1. The largest absolute Gasteiger partial charge is 0.459 e. The van der Waals surface area contributed by atoms with Crippen LogP contribution in [-0.2, 0) is 10.0 Å². The number of sulfonamides is 1. The number of para-hydroxylation sites is 1. The highest BCUT2D eigenvalue weighted by Gasteiger charge is 2.38. The van der Waals surface area contributed by atoms with E-state index in [2.05, 4.69) is 5.32 Å². The maximum Gasteiger partial charge on any atom is 0.341 e. The molecule has 0 saturated carbocycles. The fraction of sp³-hybridized carbons (Fsp3) is 0.412. The molecule has 146 valence electrons. The molecule has 1 aliphatic rings. The summed E-state index contributed by atoms with van der Waals surface area (Å²) in [5, 5.41) is 3.66. The van der Waals surface area contributed by atoms with Crippen LogP contribution in [0.2, 0.25) is 0 Å². The van der Waals surface area contributed by atoms with E-state index in [4.69, 9.17) is 4.42 Å². The van der Waals surface area contributed by atoms with E-state index < -0.39 is 22.1 Å². The number of furan rings is 1. The second-order valence-corrected chi connectivity index (χ2v) is 8.53. The minimum absolute atomic E-state index is 0.0228. The summed E-state index contributed by atoms with van der Waals surface area (Å²) in [6.07, 6.45) is 0.940. The van der Waals surface area contributed by atoms with Gasteiger partial charge in [-0.3, -0.25) is 4.90 Å². The highest BCUT2D eigenvalue weighted by molar-refractivity contribution is 7.88. The summed E-state index contributed by atoms with van der Waals surface area (Å²) >= 11 is 0. The van der Waals surface area contributed by atoms with E-state index in [9.17, 15) is 18.0 Å². The van der Waals surface area contributed by atoms with Gasteiger partial charge in [0, 0.05) is 11.9 Å². The maximum absolute atomic E-state index is 12.4. The van der Waals surface area contributed by atoms with E-state index in [1.54, 1.807) is 0 Å². The molecule has 4 amide bonds. The fourth-order valence-corrected chi connectivity index (χ4v) is 3.79. The van der Waals surface area contributed by atoms with E-state index in [1.807, 2.05) is 49.3 Å². The van der Waals surface area contributed by atoms with Gasteiger partial charge in [-0.2, -0.15) is 0 Å². The molecule has 1 saturated heterocycles. The minimum Gasteiger partial charge on any atom is -0.459 e. The Hall–Kier alpha value is -2.59. The number of carbonyl (C=O) groups excluding carboxylic acids is 2. The first-order valence-corrected chi connectivity index (χ1v) is 10.3. The van der Waals surface area contributed by atoms with Gasteiger partial charge < -0.3 is 9.73 Å². The number of carbonyl (C=O) groups is 2. The van der Waals surface area contributed by atoms with Gasteiger partial charge in [-0.25, -0.2) is 27.2 Å². The van der Waals surface area contributed by atoms with Crippen molar-refractivity contribution in [1.29, 1.82) is 0 Å². The lowest BCUT2D eigenvalue weighted by atomic mass is 10.2. The van der Waals surface area contributed by atoms with Crippen LogP contribution in [0.4, 0.5) is 9.59 Å². The van der Waals surface area contributed by atoms with Crippen LogP contribution >= 0.6 is 0 Å². The van der Waals surface area contributed by atoms with Gasteiger partial charge >= 0.3 is 12.1 Å². The number of hydrogen-bond acceptors (Lipinski definition) is 6. The number of hydrogen-bond donors (Lipinski definition) is 1. The Balaban J connectivity index is 1.69. The second-order valence-electron chi connectivity index (χ2n) is 6.62. The lowest BCUT2D eigenvalue weighted by molar-refractivity contribution is 0.189. The Morgan fingerprint density at radius 1 is 1.30 bits per heavy atom. The van der Waals surface area contributed by atoms with Crippen molar-refractivity contribution in [2.75, 3.05) is 40.0 Å². The Morgan fingerprint density at radius 2 is 2.00 bits per heavy atom. The molecule has 0 aliphatic carbocycles. The van der Waals surface area contributed by atoms with Gasteiger partial charge in [0.25, 0.3) is 0 Å². The highest BCUT2D eigenvalue weighted by atomic mass is 32.2. The van der Waals surface area contributed by atoms with E-state index in [0.29, 0.717) is 10.1 Å². The normalized spacial score (nSPS) is 16.4. The van der Waals surface area contributed by atoms with Crippen LogP contribution in [-0.4, -0.2) is 74.6 Å². The molecule has 0 unspecified atom stereocenters. The quantitative estimate of drug-likeness (QED) is 0.823. The Morgan fingerprint density at radius 3 is 2.59 bits per heavy atom. The molecule has 9 nitrogen and oxygen atoms in total. The van der Waals surface area contributed by atoms with Crippen LogP contribution in [0.3, 0.4) is 0 Å². The molecule has 1 aromatic carbocycles. The summed E-state index contributed by atoms with van der Waals surface area (Å²) in [6, 6.07) is 7.82. The maximum atomic E-state index is 12.4. The smallest absolute Gasteiger partial charge is 0.341 e. The number of fused-ring (bicyclic) bond motifs is 1. The molecule has 0 spiro atoms. The van der Waals surface area contributed by atoms with Crippen molar-refractivity contribution in [1.82, 2.24) is 19.4 Å². The topological polar surface area (TPSA) is 103 Å². The second kappa shape index (κ2) is 7.20. The lowest BCUT2D eigenvalue weighted by Crippen LogP contribution is -2.45. The predicted molar refractivity (Wildman–Crippen MR) is 99.7 cm³/mol. The summed E-state index contributed by atoms with van der Waals surface area (Å²) in [4.78, 5) is 27.3. The molecule has 0 radical (unpaired) electrons. The van der Waals surface area contributed by atoms with Crippen LogP contribution in [0.15, 0.2) is 34.7 Å². The number of likely N-dealkylation sites (N-methyl/N-ethyl adjacent to an activating group) is 1. The average Bonchev–Trinajstić information content (AvgIpc) is 3.17. The van der Waals surface area contributed by atoms with Crippen molar-refractivity contribution in [2.24, 2.45) is 0 Å². The summed E-state index contributed by atoms with van der Waals surface area (Å²) in [7, 11) is 0.0333. The van der Waals surface area contributed by atoms with Crippen LogP contribution in [0.5, 0.6) is 0 Å². The van der Waals surface area contributed by atoms with E-state index in [-0.39, 0.29) is 25.7 Å². The molecule has 3 rings (SSSR count). The highest BCUT2D eigenvalue weighted by Crippen LogP contribution is 2.26. The van der Waals surface area contributed by atoms with Gasteiger partial charge in [0.15, 0.2) is 0 Å². The summed E-state index contributed by atoms with van der Waals surface area (Å²) in [5.41, 5.74) is 0.754. The number of benzene rings is 1. The Labute approximate surface area is 157 Å². The summed E-state index contributed by atoms with van der Waals surface area (Å²) in [5.74, 6) is 0.687. The van der Waals surface area contributed by atoms with Crippen LogP contribution in [0.1, 0.15) is 11.8 Å². The molecule has 2 heterocycles. The minimum atomic E-state index is -3.68. The van der Waals surface area contributed by atoms with Gasteiger partial charge in [-0.15, -0.1) is 0 Å². The summed E-state index contributed by atoms with van der Waals surface area (Å²) < 4.78 is 29.7. The summed E-state index contributed by atoms with van der Waals surface area (Å²) in [6.45, 7) is 0.190. The van der Waals surface area contributed by atoms with Crippen molar-refractivity contribution in [2.45, 2.75) is 6.04 Å². The molecule has 27 heavy (non-hydrogen) atoms. The Kier molecular flexibility index (Phi) is 5.11. The van der Waals surface area contributed by atoms with Crippen LogP contribution < -0.4 is 5.32 Å². The zero-order valence-corrected chi connectivity index (χ0v) is 16.2. The molecule has 1 N–H and O–H groups in total. The monoisotopic (exact) mass is 394 g/mol. The third kappa shape index (κ3) is 3.91. The zero-order valence-electron chi connectivity index (χ0n) is 15.4. The number of imide groups is 1. The number of rotatable bonds is 5. The molecule has 1 aliphatic heterocycles. The first kappa shape index (κ1) is 19.2. The fourth-order valence-electron chi connectivity index (χ4n) is 3.00. The number of urea groups is 2. The molecule has 1 fully saturated rings. The molecular formula is C17H22N4O5S. The van der Waals surface area contributed by atoms with Gasteiger partial charge in [-0.1, -0.05) is 18.2 Å². The van der Waals surface area contributed by atoms with Gasteiger partial charge in [-0.05, 0) is 26.2 Å². The number of nitrogens with zero attached hydrogens (tertiary/aromatic N) is 3. The third-order valence-electron chi connectivity index (χ3n) is 4.46. The van der Waals surface area contributed by atoms with Crippen LogP contribution in [0, 0.1) is 0 Å². The lowest BCUT2D eigenvalue weighted by Gasteiger charge is -2.24. The van der Waals surface area contributed by atoms with Crippen molar-refractivity contribution in [3.63, 3.8) is 0 Å². The molecule has 1 atom stereocenters. The van der Waals surface area contributed by atoms with Crippen molar-refractivity contribution in [3.05, 3.63) is 36.1 Å². The molecule has 2 aromatic rings. The molecule has 0 bridgehead atoms. The van der Waals surface area contributed by atoms with Crippen LogP contribution in [0.25, 0.3) is 11.0 Å². The van der Waals surface area contributed by atoms with E-state index in [1.165, 1.54) is 0 Å². The van der Waals surface area contributed by atoms with E-state index >= 15 is 0 Å². The average molecular weight is 394 g/mol. The van der Waals surface area contributed by atoms with Crippen molar-refractivity contribution < 1.29 is 22.4 Å². The first-order chi connectivity index (χ1) is 12.7. The zero-order chi connectivity index (χ0) is 19.8. The predicted octanol–water partition coefficient (Wildman–Crippen LogP) is 1.44. The standard InChI is InChI=1S/C17H22N4O5S/c1-19(2)13(15-10-12-6-4-5-7-14(12)26-15)11-18-16(22)20-8-9-21(17(20)23)27(3,24)25/h4-7,10,13H,8-9,11H2,1-3H3,(H,18,22)/t13-/m0/s1. The third-order valence-corrected chi connectivity index (χ3v) is 5.60. The van der Waals surface area contributed by atoms with Gasteiger partial charge in [0.05, 0.1) is 25.4 Å². The van der Waals surface area contributed by atoms with Gasteiger partial charge in [0.1, 0.15) is 11.3 Å².